The second-order valence-electron chi connectivity index (χ2n) is 7.31. The first-order valence-electron chi connectivity index (χ1n) is 9.87. The van der Waals surface area contributed by atoms with Crippen molar-refractivity contribution >= 4 is 11.9 Å². The number of hydrogen-bond donors (Lipinski definition) is 2. The van der Waals surface area contributed by atoms with Crippen LogP contribution in [0.5, 0.6) is 5.75 Å². The summed E-state index contributed by atoms with van der Waals surface area (Å²) in [4.78, 5) is 25.6. The number of ether oxygens (including phenoxy) is 1. The molecule has 1 fully saturated rings. The first kappa shape index (κ1) is 21.5. The van der Waals surface area contributed by atoms with Crippen molar-refractivity contribution in [3.05, 3.63) is 53.6 Å². The van der Waals surface area contributed by atoms with Crippen molar-refractivity contribution in [2.24, 2.45) is 0 Å². The predicted octanol–water partition coefficient (Wildman–Crippen LogP) is 3.37. The highest BCUT2D eigenvalue weighted by Gasteiger charge is 2.33. The van der Waals surface area contributed by atoms with Crippen molar-refractivity contribution in [1.29, 1.82) is 0 Å². The van der Waals surface area contributed by atoms with Gasteiger partial charge in [0.05, 0.1) is 6.04 Å². The second kappa shape index (κ2) is 8.44. The van der Waals surface area contributed by atoms with Crippen molar-refractivity contribution < 1.29 is 22.7 Å². The molecule has 0 saturated heterocycles. The highest BCUT2D eigenvalue weighted by atomic mass is 19.4. The fourth-order valence-electron chi connectivity index (χ4n) is 3.20. The first-order chi connectivity index (χ1) is 15.2. The molecular formula is C20H20F3N7O2. The van der Waals surface area contributed by atoms with E-state index in [2.05, 4.69) is 35.4 Å². The Morgan fingerprint density at radius 3 is 2.56 bits per heavy atom. The van der Waals surface area contributed by atoms with E-state index in [1.54, 1.807) is 38.5 Å². The summed E-state index contributed by atoms with van der Waals surface area (Å²) in [6.07, 6.45) is -0.0397. The summed E-state index contributed by atoms with van der Waals surface area (Å²) in [6.45, 7) is 1.68. The SMILES string of the molecule is CNc1nc([C@H](C)NC(=O)c2cc(OC(F)(F)F)cc(C3CC3)c2)n(-c2ncccn2)n1. The number of hydrogen-bond acceptors (Lipinski definition) is 7. The van der Waals surface area contributed by atoms with Crippen LogP contribution in [0, 0.1) is 0 Å². The molecule has 32 heavy (non-hydrogen) atoms. The zero-order valence-corrected chi connectivity index (χ0v) is 17.2. The number of anilines is 1. The van der Waals surface area contributed by atoms with Gasteiger partial charge in [-0.3, -0.25) is 4.79 Å². The van der Waals surface area contributed by atoms with E-state index in [-0.39, 0.29) is 17.4 Å². The molecule has 2 heterocycles. The van der Waals surface area contributed by atoms with Crippen molar-refractivity contribution in [2.75, 3.05) is 12.4 Å². The van der Waals surface area contributed by atoms with Gasteiger partial charge in [-0.1, -0.05) is 0 Å². The van der Waals surface area contributed by atoms with Gasteiger partial charge in [0.25, 0.3) is 11.9 Å². The van der Waals surface area contributed by atoms with Crippen molar-refractivity contribution in [1.82, 2.24) is 30.0 Å². The minimum absolute atomic E-state index is 0.0661. The number of alkyl halides is 3. The molecule has 2 aromatic heterocycles. The Bertz CT molecular complexity index is 1110. The van der Waals surface area contributed by atoms with E-state index >= 15 is 0 Å². The number of carbonyl (C=O) groups is 1. The molecule has 0 spiro atoms. The van der Waals surface area contributed by atoms with Crippen LogP contribution < -0.4 is 15.4 Å². The van der Waals surface area contributed by atoms with E-state index < -0.39 is 24.1 Å². The van der Waals surface area contributed by atoms with E-state index in [0.717, 1.165) is 18.9 Å². The third-order valence-corrected chi connectivity index (χ3v) is 4.81. The van der Waals surface area contributed by atoms with Crippen molar-refractivity contribution in [3.8, 4) is 11.7 Å². The summed E-state index contributed by atoms with van der Waals surface area (Å²) in [5, 5.41) is 9.85. The molecule has 4 rings (SSSR count). The standard InChI is InChI=1S/C20H20F3N7O2/c1-11(16-28-18(24-2)29-30(16)19-25-6-3-7-26-19)27-17(31)14-8-13(12-4-5-12)9-15(10-14)32-20(21,22)23/h3,6-12H,4-5H2,1-2H3,(H,24,29)(H,27,31)/t11-/m0/s1. The summed E-state index contributed by atoms with van der Waals surface area (Å²) >= 11 is 0. The van der Waals surface area contributed by atoms with Gasteiger partial charge in [-0.25, -0.2) is 9.97 Å². The van der Waals surface area contributed by atoms with Gasteiger partial charge in [-0.2, -0.15) is 9.67 Å². The molecular weight excluding hydrogens is 427 g/mol. The first-order valence-corrected chi connectivity index (χ1v) is 9.87. The Kier molecular flexibility index (Phi) is 5.68. The quantitative estimate of drug-likeness (QED) is 0.572. The van der Waals surface area contributed by atoms with Crippen LogP contribution in [0.25, 0.3) is 5.95 Å². The molecule has 1 aromatic carbocycles. The molecule has 1 aliphatic rings. The lowest BCUT2D eigenvalue weighted by molar-refractivity contribution is -0.274. The van der Waals surface area contributed by atoms with Crippen molar-refractivity contribution in [3.63, 3.8) is 0 Å². The maximum Gasteiger partial charge on any atom is 0.573 e. The summed E-state index contributed by atoms with van der Waals surface area (Å²) in [7, 11) is 1.64. The van der Waals surface area contributed by atoms with Crippen LogP contribution in [0.15, 0.2) is 36.7 Å². The second-order valence-corrected chi connectivity index (χ2v) is 7.31. The summed E-state index contributed by atoms with van der Waals surface area (Å²) in [5.41, 5.74) is 0.708. The predicted molar refractivity (Wildman–Crippen MR) is 107 cm³/mol. The molecule has 0 unspecified atom stereocenters. The van der Waals surface area contributed by atoms with E-state index in [0.29, 0.717) is 17.3 Å². The lowest BCUT2D eigenvalue weighted by Gasteiger charge is -2.16. The molecule has 1 amide bonds. The largest absolute Gasteiger partial charge is 0.573 e. The highest BCUT2D eigenvalue weighted by Crippen LogP contribution is 2.42. The molecule has 1 saturated carbocycles. The van der Waals surface area contributed by atoms with Crippen LogP contribution in [0.3, 0.4) is 0 Å². The zero-order chi connectivity index (χ0) is 22.9. The molecule has 1 atom stereocenters. The number of carbonyl (C=O) groups excluding carboxylic acids is 1. The van der Waals surface area contributed by atoms with Crippen LogP contribution in [-0.2, 0) is 0 Å². The number of rotatable bonds is 7. The Labute approximate surface area is 181 Å². The molecule has 0 bridgehead atoms. The van der Waals surface area contributed by atoms with Gasteiger partial charge in [-0.15, -0.1) is 18.3 Å². The summed E-state index contributed by atoms with van der Waals surface area (Å²) in [6, 6.07) is 4.99. The smallest absolute Gasteiger partial charge is 0.406 e. The Hall–Kier alpha value is -3.70. The number of nitrogens with one attached hydrogen (secondary N) is 2. The number of amides is 1. The topological polar surface area (TPSA) is 107 Å². The lowest BCUT2D eigenvalue weighted by Crippen LogP contribution is -2.29. The average molecular weight is 447 g/mol. The summed E-state index contributed by atoms with van der Waals surface area (Å²) in [5.74, 6) is 0.0465. The van der Waals surface area contributed by atoms with Gasteiger partial charge in [0.1, 0.15) is 5.75 Å². The Balaban J connectivity index is 1.60. The van der Waals surface area contributed by atoms with Crippen LogP contribution in [0.2, 0.25) is 0 Å². The highest BCUT2D eigenvalue weighted by molar-refractivity contribution is 5.95. The summed E-state index contributed by atoms with van der Waals surface area (Å²) < 4.78 is 43.7. The molecule has 1 aliphatic carbocycles. The third kappa shape index (κ3) is 4.95. The van der Waals surface area contributed by atoms with Gasteiger partial charge in [0.15, 0.2) is 5.82 Å². The van der Waals surface area contributed by atoms with Gasteiger partial charge < -0.3 is 15.4 Å². The Morgan fingerprint density at radius 2 is 1.94 bits per heavy atom. The van der Waals surface area contributed by atoms with Crippen LogP contribution in [0.1, 0.15) is 53.5 Å². The van der Waals surface area contributed by atoms with Crippen LogP contribution in [-0.4, -0.2) is 44.0 Å². The molecule has 12 heteroatoms. The fraction of sp³-hybridized carbons (Fsp3) is 0.350. The van der Waals surface area contributed by atoms with E-state index in [1.165, 1.54) is 10.7 Å². The maximum absolute atomic E-state index is 12.9. The van der Waals surface area contributed by atoms with Gasteiger partial charge in [0, 0.05) is 25.0 Å². The monoisotopic (exact) mass is 447 g/mol. The number of benzene rings is 1. The van der Waals surface area contributed by atoms with Crippen LogP contribution in [0.4, 0.5) is 19.1 Å². The van der Waals surface area contributed by atoms with Gasteiger partial charge in [0.2, 0.25) is 5.95 Å². The maximum atomic E-state index is 12.9. The average Bonchev–Trinajstić information content (AvgIpc) is 3.51. The molecule has 168 valence electrons. The van der Waals surface area contributed by atoms with E-state index in [9.17, 15) is 18.0 Å². The molecule has 0 aliphatic heterocycles. The normalized spacial score (nSPS) is 14.7. The van der Waals surface area contributed by atoms with Gasteiger partial charge >= 0.3 is 6.36 Å². The van der Waals surface area contributed by atoms with E-state index in [1.807, 2.05) is 0 Å². The van der Waals surface area contributed by atoms with Crippen LogP contribution >= 0.6 is 0 Å². The number of aromatic nitrogens is 5. The molecule has 3 aromatic rings. The molecule has 2 N–H and O–H groups in total. The molecule has 0 radical (unpaired) electrons. The molecule has 9 nitrogen and oxygen atoms in total. The van der Waals surface area contributed by atoms with Crippen molar-refractivity contribution in [2.45, 2.75) is 38.1 Å². The minimum atomic E-state index is -4.85. The third-order valence-electron chi connectivity index (χ3n) is 4.81. The number of halogens is 3. The van der Waals surface area contributed by atoms with E-state index in [4.69, 9.17) is 0 Å². The fourth-order valence-corrected chi connectivity index (χ4v) is 3.20. The minimum Gasteiger partial charge on any atom is -0.406 e. The Morgan fingerprint density at radius 1 is 1.22 bits per heavy atom. The van der Waals surface area contributed by atoms with Gasteiger partial charge in [-0.05, 0) is 55.5 Å². The zero-order valence-electron chi connectivity index (χ0n) is 17.2. The lowest BCUT2D eigenvalue weighted by atomic mass is 10.1. The number of nitrogens with zero attached hydrogens (tertiary/aromatic N) is 5.